The molecular weight excluding hydrogens is 536 g/mol. The van der Waals surface area contributed by atoms with E-state index in [0.29, 0.717) is 11.1 Å². The third kappa shape index (κ3) is 6.05. The second kappa shape index (κ2) is 12.2. The van der Waals surface area contributed by atoms with Gasteiger partial charge in [0.15, 0.2) is 12.2 Å². The summed E-state index contributed by atoms with van der Waals surface area (Å²) >= 11 is 1.31. The van der Waals surface area contributed by atoms with Crippen LogP contribution in [-0.2, 0) is 33.2 Å². The molecule has 0 N–H and O–H groups in total. The van der Waals surface area contributed by atoms with Gasteiger partial charge in [-0.3, -0.25) is 0 Å². The van der Waals surface area contributed by atoms with Gasteiger partial charge in [0.05, 0.1) is 24.8 Å². The van der Waals surface area contributed by atoms with Gasteiger partial charge < -0.3 is 28.4 Å². The number of esters is 3. The summed E-state index contributed by atoms with van der Waals surface area (Å²) in [5.41, 5.74) is -0.193. The number of methoxy groups -OCH3 is 1. The number of ether oxygens (including phenoxy) is 6. The van der Waals surface area contributed by atoms with Crippen LogP contribution in [0.3, 0.4) is 0 Å². The number of rotatable bonds is 7. The maximum absolute atomic E-state index is 13.3. The Hall–Kier alpha value is -3.70. The summed E-state index contributed by atoms with van der Waals surface area (Å²) in [6.07, 6.45) is -4.05. The van der Waals surface area contributed by atoms with Crippen molar-refractivity contribution >= 4 is 29.7 Å². The van der Waals surface area contributed by atoms with E-state index < -0.39 is 53.5 Å². The lowest BCUT2D eigenvalue weighted by molar-refractivity contribution is -0.346. The Morgan fingerprint density at radius 2 is 1.32 bits per heavy atom. The molecule has 10 heteroatoms. The Kier molecular flexibility index (Phi) is 8.51. The number of hydrogen-bond acceptors (Lipinski definition) is 10. The average Bonchev–Trinajstić information content (AvgIpc) is 3.00. The lowest BCUT2D eigenvalue weighted by Gasteiger charge is -2.49. The van der Waals surface area contributed by atoms with Gasteiger partial charge in [-0.05, 0) is 36.4 Å². The first-order chi connectivity index (χ1) is 19.4. The van der Waals surface area contributed by atoms with Crippen LogP contribution in [0.25, 0.3) is 0 Å². The van der Waals surface area contributed by atoms with Crippen molar-refractivity contribution in [2.75, 3.05) is 13.7 Å². The Bertz CT molecular complexity index is 1320. The van der Waals surface area contributed by atoms with E-state index >= 15 is 0 Å². The molecule has 2 saturated heterocycles. The molecule has 0 unspecified atom stereocenters. The maximum Gasteiger partial charge on any atom is 0.366 e. The monoisotopic (exact) mass is 564 g/mol. The molecule has 3 aromatic rings. The lowest BCUT2D eigenvalue weighted by Crippen LogP contribution is -2.67. The fraction of sp³-hybridized carbons (Fsp3) is 0.300. The van der Waals surface area contributed by atoms with Crippen LogP contribution in [0.2, 0.25) is 0 Å². The molecule has 0 aromatic heterocycles. The van der Waals surface area contributed by atoms with Gasteiger partial charge in [0.2, 0.25) is 0 Å². The van der Waals surface area contributed by atoms with Gasteiger partial charge in [0, 0.05) is 11.8 Å². The second-order valence-corrected chi connectivity index (χ2v) is 10.4. The van der Waals surface area contributed by atoms with Crippen LogP contribution in [0.15, 0.2) is 95.9 Å². The van der Waals surface area contributed by atoms with Crippen molar-refractivity contribution in [1.82, 2.24) is 0 Å². The molecule has 0 bridgehead atoms. The summed E-state index contributed by atoms with van der Waals surface area (Å²) in [6, 6.07) is 26.3. The van der Waals surface area contributed by atoms with Gasteiger partial charge in [0.25, 0.3) is 5.79 Å². The molecule has 9 nitrogen and oxygen atoms in total. The average molecular weight is 565 g/mol. The van der Waals surface area contributed by atoms with Gasteiger partial charge >= 0.3 is 17.9 Å². The molecular formula is C30H28O9S. The minimum absolute atomic E-state index is 0.0547. The minimum atomic E-state index is -1.79. The SMILES string of the molecule is COC(=O)[C@@]1(C)OC[C@H]2O[C@@H](Sc3ccccc3)[C@H](OC(=O)c3ccccc3)[C@@H](OC(=O)c3ccccc3)[C@@H]2O1. The summed E-state index contributed by atoms with van der Waals surface area (Å²) in [5, 5.41) is 0. The van der Waals surface area contributed by atoms with E-state index in [-0.39, 0.29) is 6.61 Å². The summed E-state index contributed by atoms with van der Waals surface area (Å²) in [6.45, 7) is 1.36. The third-order valence-electron chi connectivity index (χ3n) is 6.53. The van der Waals surface area contributed by atoms with Crippen LogP contribution < -0.4 is 0 Å². The fourth-order valence-electron chi connectivity index (χ4n) is 4.50. The van der Waals surface area contributed by atoms with Crippen LogP contribution in [0.1, 0.15) is 27.6 Å². The standard InChI is InChI=1S/C30H28O9S/c1-30(29(33)34-2)35-18-22-23(39-30)24(37-26(31)19-12-6-3-7-13-19)25(38-27(32)20-14-8-4-9-15-20)28(36-22)40-21-16-10-5-11-17-21/h3-17,22-25,28H,18H2,1-2H3/t22-,23-,24+,25-,28+,30+/m1/s1. The van der Waals surface area contributed by atoms with Crippen molar-refractivity contribution < 1.29 is 42.8 Å². The smallest absolute Gasteiger partial charge is 0.366 e. The van der Waals surface area contributed by atoms with Crippen LogP contribution in [0.4, 0.5) is 0 Å². The Labute approximate surface area is 235 Å². The van der Waals surface area contributed by atoms with Gasteiger partial charge in [-0.2, -0.15) is 0 Å². The van der Waals surface area contributed by atoms with Gasteiger partial charge in [-0.1, -0.05) is 66.4 Å². The minimum Gasteiger partial charge on any atom is -0.465 e. The van der Waals surface area contributed by atoms with E-state index in [9.17, 15) is 14.4 Å². The zero-order valence-corrected chi connectivity index (χ0v) is 22.7. The highest BCUT2D eigenvalue weighted by Gasteiger charge is 2.58. The number of fused-ring (bicyclic) bond motifs is 1. The topological polar surface area (TPSA) is 107 Å². The molecule has 208 valence electrons. The summed E-state index contributed by atoms with van der Waals surface area (Å²) in [5.74, 6) is -3.83. The summed E-state index contributed by atoms with van der Waals surface area (Å²) < 4.78 is 35.1. The summed E-state index contributed by atoms with van der Waals surface area (Å²) in [4.78, 5) is 40.0. The number of carbonyl (C=O) groups excluding carboxylic acids is 3. The lowest BCUT2D eigenvalue weighted by atomic mass is 9.97. The first-order valence-electron chi connectivity index (χ1n) is 12.7. The highest BCUT2D eigenvalue weighted by molar-refractivity contribution is 7.99. The number of hydrogen-bond donors (Lipinski definition) is 0. The highest BCUT2D eigenvalue weighted by Crippen LogP contribution is 2.41. The zero-order chi connectivity index (χ0) is 28.1. The molecule has 2 fully saturated rings. The molecule has 2 aliphatic rings. The molecule has 0 spiro atoms. The van der Waals surface area contributed by atoms with E-state index in [2.05, 4.69) is 0 Å². The molecule has 0 saturated carbocycles. The summed E-state index contributed by atoms with van der Waals surface area (Å²) in [7, 11) is 1.22. The predicted molar refractivity (Wildman–Crippen MR) is 143 cm³/mol. The van der Waals surface area contributed by atoms with E-state index in [1.807, 2.05) is 30.3 Å². The van der Waals surface area contributed by atoms with Crippen molar-refractivity contribution in [3.63, 3.8) is 0 Å². The highest BCUT2D eigenvalue weighted by atomic mass is 32.2. The predicted octanol–water partition coefficient (Wildman–Crippen LogP) is 4.26. The largest absolute Gasteiger partial charge is 0.465 e. The first-order valence-corrected chi connectivity index (χ1v) is 13.6. The zero-order valence-electron chi connectivity index (χ0n) is 21.8. The van der Waals surface area contributed by atoms with Crippen LogP contribution in [-0.4, -0.2) is 67.3 Å². The van der Waals surface area contributed by atoms with E-state index in [1.54, 1.807) is 60.7 Å². The van der Waals surface area contributed by atoms with Gasteiger partial charge in [-0.15, -0.1) is 0 Å². The van der Waals surface area contributed by atoms with Gasteiger partial charge in [-0.25, -0.2) is 14.4 Å². The molecule has 40 heavy (non-hydrogen) atoms. The Morgan fingerprint density at radius 3 is 1.88 bits per heavy atom. The van der Waals surface area contributed by atoms with Gasteiger partial charge in [0.1, 0.15) is 17.6 Å². The van der Waals surface area contributed by atoms with Crippen molar-refractivity contribution in [2.24, 2.45) is 0 Å². The van der Waals surface area contributed by atoms with E-state index in [4.69, 9.17) is 28.4 Å². The number of benzene rings is 3. The molecule has 2 heterocycles. The second-order valence-electron chi connectivity index (χ2n) is 9.28. The normalized spacial score (nSPS) is 27.6. The fourth-order valence-corrected chi connectivity index (χ4v) is 5.63. The van der Waals surface area contributed by atoms with Crippen LogP contribution >= 0.6 is 11.8 Å². The molecule has 5 rings (SSSR count). The third-order valence-corrected chi connectivity index (χ3v) is 7.69. The Morgan fingerprint density at radius 1 is 0.800 bits per heavy atom. The van der Waals surface area contributed by atoms with Crippen molar-refractivity contribution in [1.29, 1.82) is 0 Å². The molecule has 0 aliphatic carbocycles. The molecule has 0 radical (unpaired) electrons. The Balaban J connectivity index is 1.53. The van der Waals surface area contributed by atoms with Crippen LogP contribution in [0, 0.1) is 0 Å². The quantitative estimate of drug-likeness (QED) is 0.305. The molecule has 6 atom stereocenters. The number of carbonyl (C=O) groups is 3. The van der Waals surface area contributed by atoms with E-state index in [0.717, 1.165) is 4.90 Å². The first kappa shape index (κ1) is 27.9. The van der Waals surface area contributed by atoms with Crippen molar-refractivity contribution in [2.45, 2.75) is 47.5 Å². The van der Waals surface area contributed by atoms with Crippen LogP contribution in [0.5, 0.6) is 0 Å². The molecule has 0 amide bonds. The van der Waals surface area contributed by atoms with Crippen molar-refractivity contribution in [3.8, 4) is 0 Å². The number of thioether (sulfide) groups is 1. The maximum atomic E-state index is 13.3. The molecule has 3 aromatic carbocycles. The molecule has 2 aliphatic heterocycles. The van der Waals surface area contributed by atoms with Crippen molar-refractivity contribution in [3.05, 3.63) is 102 Å². The van der Waals surface area contributed by atoms with E-state index in [1.165, 1.54) is 25.8 Å².